The van der Waals surface area contributed by atoms with E-state index in [0.29, 0.717) is 51.9 Å². The predicted molar refractivity (Wildman–Crippen MR) is 181 cm³/mol. The van der Waals surface area contributed by atoms with Crippen molar-refractivity contribution in [1.82, 2.24) is 23.7 Å². The third-order valence-electron chi connectivity index (χ3n) is 8.32. The Morgan fingerprint density at radius 1 is 1.00 bits per heavy atom. The number of nitrogens with one attached hydrogen (secondary N) is 1. The number of para-hydroxylation sites is 1. The lowest BCUT2D eigenvalue weighted by atomic mass is 10.2. The predicted octanol–water partition coefficient (Wildman–Crippen LogP) is 4.19. The van der Waals surface area contributed by atoms with Gasteiger partial charge in [0.2, 0.25) is 16.0 Å². The van der Waals surface area contributed by atoms with E-state index in [1.54, 1.807) is 29.7 Å². The van der Waals surface area contributed by atoms with Crippen molar-refractivity contribution in [1.29, 1.82) is 0 Å². The van der Waals surface area contributed by atoms with Crippen molar-refractivity contribution >= 4 is 60.5 Å². The number of hydrogen-bond donors (Lipinski definition) is 1. The van der Waals surface area contributed by atoms with E-state index < -0.39 is 10.0 Å². The van der Waals surface area contributed by atoms with E-state index in [2.05, 4.69) is 31.0 Å². The van der Waals surface area contributed by atoms with Crippen LogP contribution in [0.4, 0.5) is 16.2 Å². The molecule has 0 radical (unpaired) electrons. The Kier molecular flexibility index (Phi) is 8.70. The van der Waals surface area contributed by atoms with Crippen LogP contribution in [0, 0.1) is 5.82 Å². The molecule has 240 valence electrons. The highest BCUT2D eigenvalue weighted by Crippen LogP contribution is 2.34. The molecule has 3 aromatic heterocycles. The summed E-state index contributed by atoms with van der Waals surface area (Å²) in [6.45, 7) is 6.37. The molecule has 5 heterocycles. The fraction of sp³-hybridized carbons (Fsp3) is 0.344. The minimum atomic E-state index is -3.17. The molecule has 11 nitrogen and oxygen atoms in total. The van der Waals surface area contributed by atoms with E-state index in [0.717, 1.165) is 62.6 Å². The third-order valence-corrected chi connectivity index (χ3v) is 10.7. The largest absolute Gasteiger partial charge is 0.378 e. The summed E-state index contributed by atoms with van der Waals surface area (Å²) in [5.41, 5.74) is 6.74. The zero-order chi connectivity index (χ0) is 31.7. The number of sulfonamides is 1. The summed E-state index contributed by atoms with van der Waals surface area (Å²) in [5.74, 6) is 1.01. The van der Waals surface area contributed by atoms with Crippen molar-refractivity contribution in [3.63, 3.8) is 0 Å². The van der Waals surface area contributed by atoms with Gasteiger partial charge >= 0.3 is 0 Å². The zero-order valence-corrected chi connectivity index (χ0v) is 27.1. The van der Waals surface area contributed by atoms with Gasteiger partial charge in [-0.3, -0.25) is 4.90 Å². The van der Waals surface area contributed by atoms with Gasteiger partial charge in [0.05, 0.1) is 35.9 Å². The molecule has 5 aromatic rings. The molecule has 1 N–H and O–H groups in total. The number of ether oxygens (including phenoxy) is 1. The van der Waals surface area contributed by atoms with Crippen LogP contribution in [0.25, 0.3) is 21.1 Å². The first kappa shape index (κ1) is 30.7. The summed E-state index contributed by atoms with van der Waals surface area (Å²) in [6, 6.07) is 16.8. The Morgan fingerprint density at radius 3 is 2.59 bits per heavy atom. The molecule has 0 bridgehead atoms. The maximum atomic E-state index is 13.8. The maximum Gasteiger partial charge on any atom is 0.246 e. The van der Waals surface area contributed by atoms with Crippen LogP contribution in [0.3, 0.4) is 0 Å². The highest BCUT2D eigenvalue weighted by atomic mass is 32.2. The SMILES string of the molecule is CS(=O)(=O)N1CCN(Cc2cc3nc(N/N=C/c4cn(Cc5cccc(F)c5)c5ccccc45)nc(N4CCOCC4)c3s2)CC1. The number of morpholine rings is 1. The van der Waals surface area contributed by atoms with Crippen LogP contribution in [0.2, 0.25) is 0 Å². The summed E-state index contributed by atoms with van der Waals surface area (Å²) in [5, 5.41) is 5.58. The van der Waals surface area contributed by atoms with E-state index in [1.807, 2.05) is 36.5 Å². The van der Waals surface area contributed by atoms with Gasteiger partial charge in [-0.25, -0.2) is 23.2 Å². The Morgan fingerprint density at radius 2 is 1.80 bits per heavy atom. The molecule has 0 aliphatic carbocycles. The lowest BCUT2D eigenvalue weighted by Crippen LogP contribution is -2.47. The molecule has 2 aromatic carbocycles. The number of nitrogens with zero attached hydrogens (tertiary/aromatic N) is 7. The fourth-order valence-corrected chi connectivity index (χ4v) is 8.00. The van der Waals surface area contributed by atoms with Crippen LogP contribution in [0.5, 0.6) is 0 Å². The Hall–Kier alpha value is -3.95. The number of piperazine rings is 1. The molecule has 0 unspecified atom stereocenters. The molecule has 2 saturated heterocycles. The molecule has 14 heteroatoms. The Balaban J connectivity index is 1.13. The second-order valence-electron chi connectivity index (χ2n) is 11.6. The van der Waals surface area contributed by atoms with Crippen LogP contribution in [0.1, 0.15) is 16.0 Å². The second kappa shape index (κ2) is 13.0. The van der Waals surface area contributed by atoms with Crippen molar-refractivity contribution in [2.24, 2.45) is 5.10 Å². The van der Waals surface area contributed by atoms with E-state index in [4.69, 9.17) is 14.7 Å². The number of anilines is 2. The number of hydrogen-bond acceptors (Lipinski definition) is 10. The van der Waals surface area contributed by atoms with Crippen LogP contribution in [-0.2, 0) is 27.8 Å². The summed E-state index contributed by atoms with van der Waals surface area (Å²) in [6.07, 6.45) is 5.05. The minimum absolute atomic E-state index is 0.251. The number of rotatable bonds is 9. The monoisotopic (exact) mass is 662 g/mol. The van der Waals surface area contributed by atoms with Gasteiger partial charge in [0.1, 0.15) is 5.82 Å². The molecule has 7 rings (SSSR count). The summed E-state index contributed by atoms with van der Waals surface area (Å²) in [4.78, 5) is 15.4. The topological polar surface area (TPSA) is 108 Å². The second-order valence-corrected chi connectivity index (χ2v) is 14.7. The van der Waals surface area contributed by atoms with E-state index in [1.165, 1.54) is 16.6 Å². The first-order chi connectivity index (χ1) is 22.3. The Labute approximate surface area is 271 Å². The highest BCUT2D eigenvalue weighted by Gasteiger charge is 2.25. The number of aromatic nitrogens is 3. The van der Waals surface area contributed by atoms with E-state index in [9.17, 15) is 12.8 Å². The molecule has 0 spiro atoms. The molecule has 2 aliphatic heterocycles. The lowest BCUT2D eigenvalue weighted by molar-refractivity contribution is 0.122. The number of fused-ring (bicyclic) bond motifs is 2. The summed E-state index contributed by atoms with van der Waals surface area (Å²) < 4.78 is 48.0. The highest BCUT2D eigenvalue weighted by molar-refractivity contribution is 7.88. The molecule has 0 atom stereocenters. The average Bonchev–Trinajstić information content (AvgIpc) is 3.61. The van der Waals surface area contributed by atoms with Crippen molar-refractivity contribution in [3.8, 4) is 0 Å². The van der Waals surface area contributed by atoms with Gasteiger partial charge < -0.3 is 14.2 Å². The first-order valence-corrected chi connectivity index (χ1v) is 17.9. The number of halogens is 1. The van der Waals surface area contributed by atoms with Gasteiger partial charge in [-0.05, 0) is 29.8 Å². The van der Waals surface area contributed by atoms with Crippen LogP contribution in [0.15, 0.2) is 65.9 Å². The van der Waals surface area contributed by atoms with Crippen molar-refractivity contribution in [2.75, 3.05) is 69.1 Å². The lowest BCUT2D eigenvalue weighted by Gasteiger charge is -2.32. The van der Waals surface area contributed by atoms with Crippen LogP contribution >= 0.6 is 11.3 Å². The number of thiophene rings is 1. The van der Waals surface area contributed by atoms with Crippen LogP contribution in [-0.4, -0.2) is 97.1 Å². The Bertz CT molecular complexity index is 2000. The van der Waals surface area contributed by atoms with E-state index in [-0.39, 0.29) is 5.82 Å². The number of benzene rings is 2. The molecular formula is C32H35FN8O3S2. The quantitative estimate of drug-likeness (QED) is 0.185. The van der Waals surface area contributed by atoms with Gasteiger partial charge in [0.15, 0.2) is 5.82 Å². The standard InChI is InChI=1S/C32H35FN8O3S2/c1-46(42,43)41-11-9-38(10-12-41)22-26-18-28-30(45-26)31(39-13-15-44-16-14-39)36-32(35-28)37-34-19-24-21-40(29-8-3-2-7-27(24)29)20-23-5-4-6-25(33)17-23/h2-8,17-19,21H,9-16,20,22H2,1H3,(H,35,36,37)/b34-19+. The molecule has 2 aliphatic rings. The smallest absolute Gasteiger partial charge is 0.246 e. The number of hydrazone groups is 1. The normalized spacial score (nSPS) is 17.0. The van der Waals surface area contributed by atoms with Gasteiger partial charge in [-0.2, -0.15) is 14.4 Å². The molecule has 0 amide bonds. The summed E-state index contributed by atoms with van der Waals surface area (Å²) in [7, 11) is -3.17. The van der Waals surface area contributed by atoms with Crippen molar-refractivity contribution in [3.05, 3.63) is 82.6 Å². The van der Waals surface area contributed by atoms with E-state index >= 15 is 0 Å². The average molecular weight is 663 g/mol. The van der Waals surface area contributed by atoms with Gasteiger partial charge in [0, 0.05) is 79.9 Å². The zero-order valence-electron chi connectivity index (χ0n) is 25.5. The molecule has 0 saturated carbocycles. The fourth-order valence-electron chi connectivity index (χ4n) is 6.02. The molecular weight excluding hydrogens is 628 g/mol. The molecule has 46 heavy (non-hydrogen) atoms. The molecule has 2 fully saturated rings. The van der Waals surface area contributed by atoms with Crippen molar-refractivity contribution in [2.45, 2.75) is 13.1 Å². The third kappa shape index (κ3) is 6.76. The van der Waals surface area contributed by atoms with Gasteiger partial charge in [-0.15, -0.1) is 11.3 Å². The van der Waals surface area contributed by atoms with Crippen molar-refractivity contribution < 1.29 is 17.5 Å². The minimum Gasteiger partial charge on any atom is -0.378 e. The van der Waals surface area contributed by atoms with Gasteiger partial charge in [-0.1, -0.05) is 30.3 Å². The van der Waals surface area contributed by atoms with Gasteiger partial charge in [0.25, 0.3) is 0 Å². The summed E-state index contributed by atoms with van der Waals surface area (Å²) >= 11 is 1.68. The van der Waals surface area contributed by atoms with Crippen LogP contribution < -0.4 is 10.3 Å². The first-order valence-electron chi connectivity index (χ1n) is 15.2. The maximum absolute atomic E-state index is 13.8.